The number of anilines is 1. The monoisotopic (exact) mass is 403 g/mol. The minimum atomic E-state index is -0.148. The molecule has 3 heterocycles. The van der Waals surface area contributed by atoms with E-state index in [0.717, 1.165) is 33.5 Å². The summed E-state index contributed by atoms with van der Waals surface area (Å²) in [7, 11) is 1.63. The van der Waals surface area contributed by atoms with E-state index in [2.05, 4.69) is 10.1 Å². The van der Waals surface area contributed by atoms with Gasteiger partial charge in [-0.15, -0.1) is 0 Å². The molecule has 2 aromatic carbocycles. The van der Waals surface area contributed by atoms with Gasteiger partial charge in [0.05, 0.1) is 13.0 Å². The topological polar surface area (TPSA) is 81.6 Å². The number of methoxy groups -OCH3 is 1. The lowest BCUT2D eigenvalue weighted by molar-refractivity contribution is -0.117. The Balaban J connectivity index is 1.42. The minimum Gasteiger partial charge on any atom is -0.497 e. The Bertz CT molecular complexity index is 1240. The van der Waals surface area contributed by atoms with Gasteiger partial charge in [-0.3, -0.25) is 4.79 Å². The van der Waals surface area contributed by atoms with Gasteiger partial charge in [-0.2, -0.15) is 4.98 Å². The molecule has 7 nitrogen and oxygen atoms in total. The highest BCUT2D eigenvalue weighted by Crippen LogP contribution is 2.36. The summed E-state index contributed by atoms with van der Waals surface area (Å²) in [6, 6.07) is 13.6. The molecule has 1 fully saturated rings. The molecule has 0 spiro atoms. The van der Waals surface area contributed by atoms with Crippen molar-refractivity contribution in [1.29, 1.82) is 0 Å². The van der Waals surface area contributed by atoms with Gasteiger partial charge in [0.1, 0.15) is 11.3 Å². The van der Waals surface area contributed by atoms with Crippen LogP contribution in [0.2, 0.25) is 0 Å². The lowest BCUT2D eigenvalue weighted by Crippen LogP contribution is -2.24. The molecule has 0 saturated carbocycles. The Morgan fingerprint density at radius 2 is 1.93 bits per heavy atom. The minimum absolute atomic E-state index is 0.0515. The van der Waals surface area contributed by atoms with Crippen molar-refractivity contribution in [2.24, 2.45) is 0 Å². The molecule has 1 aliphatic heterocycles. The maximum atomic E-state index is 12.6. The second kappa shape index (κ2) is 7.02. The largest absolute Gasteiger partial charge is 0.497 e. The van der Waals surface area contributed by atoms with Crippen molar-refractivity contribution in [3.05, 3.63) is 59.5 Å². The number of rotatable bonds is 4. The Hall–Kier alpha value is -3.61. The van der Waals surface area contributed by atoms with Gasteiger partial charge in [-0.25, -0.2) is 0 Å². The van der Waals surface area contributed by atoms with Crippen LogP contribution >= 0.6 is 0 Å². The van der Waals surface area contributed by atoms with Crippen LogP contribution in [0.1, 0.15) is 29.4 Å². The molecule has 0 bridgehead atoms. The van der Waals surface area contributed by atoms with Crippen LogP contribution in [-0.2, 0) is 4.79 Å². The van der Waals surface area contributed by atoms with E-state index >= 15 is 0 Å². The number of carbonyl (C=O) groups excluding carboxylic acids is 1. The number of aryl methyl sites for hydroxylation is 2. The zero-order valence-corrected chi connectivity index (χ0v) is 17.0. The van der Waals surface area contributed by atoms with Crippen molar-refractivity contribution in [1.82, 2.24) is 10.1 Å². The molecule has 5 rings (SSSR count). The van der Waals surface area contributed by atoms with Gasteiger partial charge < -0.3 is 18.6 Å². The van der Waals surface area contributed by atoms with Crippen LogP contribution < -0.4 is 9.64 Å². The quantitative estimate of drug-likeness (QED) is 0.494. The highest BCUT2D eigenvalue weighted by molar-refractivity contribution is 5.96. The molecule has 30 heavy (non-hydrogen) atoms. The van der Waals surface area contributed by atoms with Gasteiger partial charge in [0.15, 0.2) is 5.76 Å². The van der Waals surface area contributed by atoms with Crippen molar-refractivity contribution < 1.29 is 18.5 Å². The first kappa shape index (κ1) is 18.4. The van der Waals surface area contributed by atoms with Crippen molar-refractivity contribution in [3.63, 3.8) is 0 Å². The molecule has 0 radical (unpaired) electrons. The zero-order chi connectivity index (χ0) is 20.8. The second-order valence-corrected chi connectivity index (χ2v) is 7.62. The summed E-state index contributed by atoms with van der Waals surface area (Å²) in [5.74, 6) is 2.06. The summed E-state index contributed by atoms with van der Waals surface area (Å²) in [6.07, 6.45) is 0.339. The molecule has 1 saturated heterocycles. The molecule has 0 N–H and O–H groups in total. The van der Waals surface area contributed by atoms with Crippen LogP contribution in [0.3, 0.4) is 0 Å². The molecule has 2 aromatic heterocycles. The first-order chi connectivity index (χ1) is 14.5. The number of benzene rings is 2. The summed E-state index contributed by atoms with van der Waals surface area (Å²) >= 11 is 0. The third-order valence-corrected chi connectivity index (χ3v) is 5.61. The lowest BCUT2D eigenvalue weighted by Gasteiger charge is -2.16. The van der Waals surface area contributed by atoms with E-state index in [0.29, 0.717) is 30.4 Å². The van der Waals surface area contributed by atoms with Crippen molar-refractivity contribution in [2.75, 3.05) is 18.6 Å². The molecule has 0 aliphatic carbocycles. The maximum Gasteiger partial charge on any atom is 0.238 e. The molecule has 7 heteroatoms. The average molecular weight is 403 g/mol. The van der Waals surface area contributed by atoms with E-state index in [1.165, 1.54) is 0 Å². The molecule has 4 aromatic rings. The molecular formula is C23H21N3O4. The fraction of sp³-hybridized carbons (Fsp3) is 0.261. The van der Waals surface area contributed by atoms with E-state index in [-0.39, 0.29) is 11.8 Å². The van der Waals surface area contributed by atoms with Crippen LogP contribution in [0.4, 0.5) is 5.69 Å². The van der Waals surface area contributed by atoms with E-state index in [9.17, 15) is 4.79 Å². The number of amides is 1. The van der Waals surface area contributed by atoms with Gasteiger partial charge in [0.2, 0.25) is 17.6 Å². The van der Waals surface area contributed by atoms with Gasteiger partial charge in [0, 0.05) is 29.6 Å². The SMILES string of the molecule is COc1ccc2oc(-c3noc([C@@H]4CC(=O)N(c5ccc(C)cc5)C4)n3)c(C)c2c1. The van der Waals surface area contributed by atoms with Gasteiger partial charge in [0.25, 0.3) is 0 Å². The first-order valence-corrected chi connectivity index (χ1v) is 9.81. The number of hydrogen-bond donors (Lipinski definition) is 0. The predicted molar refractivity (Wildman–Crippen MR) is 112 cm³/mol. The third kappa shape index (κ3) is 3.03. The smallest absolute Gasteiger partial charge is 0.238 e. The number of fused-ring (bicyclic) bond motifs is 1. The van der Waals surface area contributed by atoms with Gasteiger partial charge in [-0.05, 0) is 44.2 Å². The maximum absolute atomic E-state index is 12.6. The number of ether oxygens (including phenoxy) is 1. The number of furan rings is 1. The number of hydrogen-bond acceptors (Lipinski definition) is 6. The standard InChI is InChI=1S/C23H21N3O4/c1-13-4-6-16(7-5-13)26-12-15(10-20(26)27)23-24-22(25-30-23)21-14(2)18-11-17(28-3)8-9-19(18)29-21/h4-9,11,15H,10,12H2,1-3H3/t15-/m1/s1. The Kier molecular flexibility index (Phi) is 4.31. The highest BCUT2D eigenvalue weighted by Gasteiger charge is 2.35. The molecule has 1 amide bonds. The van der Waals surface area contributed by atoms with Crippen molar-refractivity contribution in [3.8, 4) is 17.3 Å². The molecule has 1 atom stereocenters. The Morgan fingerprint density at radius 1 is 1.13 bits per heavy atom. The molecule has 0 unspecified atom stereocenters. The molecular weight excluding hydrogens is 382 g/mol. The summed E-state index contributed by atoms with van der Waals surface area (Å²) in [4.78, 5) is 18.9. The number of aromatic nitrogens is 2. The summed E-state index contributed by atoms with van der Waals surface area (Å²) in [5.41, 5.74) is 3.69. The van der Waals surface area contributed by atoms with Crippen molar-refractivity contribution >= 4 is 22.6 Å². The molecule has 152 valence electrons. The Morgan fingerprint density at radius 3 is 2.70 bits per heavy atom. The summed E-state index contributed by atoms with van der Waals surface area (Å²) in [6.45, 7) is 4.49. The number of nitrogens with zero attached hydrogens (tertiary/aromatic N) is 3. The van der Waals surface area contributed by atoms with Crippen LogP contribution in [0.15, 0.2) is 51.4 Å². The fourth-order valence-electron chi connectivity index (χ4n) is 3.88. The van der Waals surface area contributed by atoms with E-state index in [4.69, 9.17) is 13.7 Å². The normalized spacial score (nSPS) is 16.6. The van der Waals surface area contributed by atoms with Gasteiger partial charge >= 0.3 is 0 Å². The molecule has 1 aliphatic rings. The zero-order valence-electron chi connectivity index (χ0n) is 17.0. The summed E-state index contributed by atoms with van der Waals surface area (Å²) < 4.78 is 16.8. The predicted octanol–water partition coefficient (Wildman–Crippen LogP) is 4.63. The van der Waals surface area contributed by atoms with Crippen LogP contribution in [0.5, 0.6) is 5.75 Å². The van der Waals surface area contributed by atoms with E-state index in [1.807, 2.05) is 56.3 Å². The van der Waals surface area contributed by atoms with E-state index in [1.54, 1.807) is 12.0 Å². The highest BCUT2D eigenvalue weighted by atomic mass is 16.5. The second-order valence-electron chi connectivity index (χ2n) is 7.62. The average Bonchev–Trinajstić information content (AvgIpc) is 3.46. The van der Waals surface area contributed by atoms with Crippen LogP contribution in [0, 0.1) is 13.8 Å². The fourth-order valence-corrected chi connectivity index (χ4v) is 3.88. The summed E-state index contributed by atoms with van der Waals surface area (Å²) in [5, 5.41) is 5.07. The lowest BCUT2D eigenvalue weighted by atomic mass is 10.1. The van der Waals surface area contributed by atoms with E-state index < -0.39 is 0 Å². The Labute approximate surface area is 173 Å². The van der Waals surface area contributed by atoms with Gasteiger partial charge in [-0.1, -0.05) is 22.9 Å². The van der Waals surface area contributed by atoms with Crippen molar-refractivity contribution in [2.45, 2.75) is 26.2 Å². The first-order valence-electron chi connectivity index (χ1n) is 9.81. The third-order valence-electron chi connectivity index (χ3n) is 5.61. The van der Waals surface area contributed by atoms with Crippen LogP contribution in [-0.4, -0.2) is 29.7 Å². The number of carbonyl (C=O) groups is 1. The van der Waals surface area contributed by atoms with Crippen LogP contribution in [0.25, 0.3) is 22.6 Å².